The van der Waals surface area contributed by atoms with Crippen LogP contribution in [-0.4, -0.2) is 34.0 Å². The van der Waals surface area contributed by atoms with E-state index in [0.717, 1.165) is 17.5 Å². The summed E-state index contributed by atoms with van der Waals surface area (Å²) in [5, 5.41) is 9.07. The molecular formula is C23H24N4O3S. The first-order chi connectivity index (χ1) is 15.2. The van der Waals surface area contributed by atoms with Gasteiger partial charge in [0.2, 0.25) is 23.2 Å². The summed E-state index contributed by atoms with van der Waals surface area (Å²) in [4.78, 5) is 19.4. The third-order valence-electron chi connectivity index (χ3n) is 4.91. The second kappa shape index (κ2) is 9.34. The van der Waals surface area contributed by atoms with E-state index in [4.69, 9.17) is 9.47 Å². The lowest BCUT2D eigenvalue weighted by molar-refractivity contribution is -0.120. The Kier molecular flexibility index (Phi) is 6.36. The number of hydrogen-bond acceptors (Lipinski definition) is 7. The van der Waals surface area contributed by atoms with Crippen molar-refractivity contribution in [3.63, 3.8) is 0 Å². The van der Waals surface area contributed by atoms with E-state index in [9.17, 15) is 4.79 Å². The Bertz CT molecular complexity index is 1090. The van der Waals surface area contributed by atoms with Crippen LogP contribution in [0.1, 0.15) is 38.5 Å². The second-order valence-electron chi connectivity index (χ2n) is 6.94. The minimum Gasteiger partial charge on any atom is -0.493 e. The standard InChI is InChI=1S/C23H24N4O3S/c1-4-14-29-18-13-9-7-11-16(18)22-27(19(28)5-2)17-12-8-6-10-15(17)20-21(30-22)24-23(31-3)26-25-20/h6-13,22H,4-5,14H2,1-3H3/t22-/m1/s1. The highest BCUT2D eigenvalue weighted by Gasteiger charge is 2.36. The minimum absolute atomic E-state index is 0.0754. The monoisotopic (exact) mass is 436 g/mol. The normalized spacial score (nSPS) is 14.8. The largest absolute Gasteiger partial charge is 0.493 e. The van der Waals surface area contributed by atoms with E-state index in [0.29, 0.717) is 41.2 Å². The van der Waals surface area contributed by atoms with Gasteiger partial charge in [0.1, 0.15) is 5.75 Å². The predicted octanol–water partition coefficient (Wildman–Crippen LogP) is 4.88. The average Bonchev–Trinajstić information content (AvgIpc) is 2.96. The van der Waals surface area contributed by atoms with Crippen molar-refractivity contribution in [1.29, 1.82) is 0 Å². The number of ether oxygens (including phenoxy) is 2. The summed E-state index contributed by atoms with van der Waals surface area (Å²) in [6.07, 6.45) is 2.32. The van der Waals surface area contributed by atoms with E-state index in [-0.39, 0.29) is 5.91 Å². The highest BCUT2D eigenvalue weighted by Crippen LogP contribution is 2.45. The summed E-state index contributed by atoms with van der Waals surface area (Å²) >= 11 is 1.38. The Hall–Kier alpha value is -3.13. The molecule has 160 valence electrons. The van der Waals surface area contributed by atoms with E-state index in [1.165, 1.54) is 11.8 Å². The second-order valence-corrected chi connectivity index (χ2v) is 7.72. The molecule has 1 amide bonds. The summed E-state index contributed by atoms with van der Waals surface area (Å²) < 4.78 is 12.4. The lowest BCUT2D eigenvalue weighted by Crippen LogP contribution is -2.37. The molecule has 0 spiro atoms. The molecule has 1 aliphatic rings. The Balaban J connectivity index is 1.95. The number of nitrogens with zero attached hydrogens (tertiary/aromatic N) is 4. The van der Waals surface area contributed by atoms with Crippen LogP contribution >= 0.6 is 11.8 Å². The zero-order valence-electron chi connectivity index (χ0n) is 17.7. The van der Waals surface area contributed by atoms with Crippen LogP contribution in [0.15, 0.2) is 53.7 Å². The SMILES string of the molecule is CCCOc1ccccc1[C@H]1Oc2nc(SC)nnc2-c2ccccc2N1C(=O)CC. The van der Waals surface area contributed by atoms with Crippen molar-refractivity contribution in [3.05, 3.63) is 54.1 Å². The van der Waals surface area contributed by atoms with Crippen LogP contribution in [0.4, 0.5) is 5.69 Å². The molecule has 0 radical (unpaired) electrons. The summed E-state index contributed by atoms with van der Waals surface area (Å²) in [7, 11) is 0. The number of aromatic nitrogens is 3. The van der Waals surface area contributed by atoms with Crippen LogP contribution in [0, 0.1) is 0 Å². The first kappa shape index (κ1) is 21.1. The molecule has 0 saturated heterocycles. The Morgan fingerprint density at radius 2 is 1.90 bits per heavy atom. The average molecular weight is 437 g/mol. The zero-order chi connectivity index (χ0) is 21.8. The van der Waals surface area contributed by atoms with Gasteiger partial charge in [-0.05, 0) is 30.9 Å². The highest BCUT2D eigenvalue weighted by molar-refractivity contribution is 7.98. The van der Waals surface area contributed by atoms with Crippen LogP contribution in [0.5, 0.6) is 11.6 Å². The highest BCUT2D eigenvalue weighted by atomic mass is 32.2. The molecule has 0 bridgehead atoms. The Morgan fingerprint density at radius 3 is 2.68 bits per heavy atom. The van der Waals surface area contributed by atoms with Crippen molar-refractivity contribution in [2.75, 3.05) is 17.8 Å². The molecule has 2 heterocycles. The molecule has 1 aliphatic heterocycles. The van der Waals surface area contributed by atoms with Crippen molar-refractivity contribution in [2.45, 2.75) is 38.1 Å². The summed E-state index contributed by atoms with van der Waals surface area (Å²) in [6, 6.07) is 15.2. The third-order valence-corrected chi connectivity index (χ3v) is 5.45. The molecule has 0 saturated carbocycles. The third kappa shape index (κ3) is 4.07. The van der Waals surface area contributed by atoms with Gasteiger partial charge in [0.25, 0.3) is 0 Å². The number of benzene rings is 2. The zero-order valence-corrected chi connectivity index (χ0v) is 18.6. The van der Waals surface area contributed by atoms with Gasteiger partial charge in [-0.1, -0.05) is 55.9 Å². The number of thioether (sulfide) groups is 1. The van der Waals surface area contributed by atoms with Gasteiger partial charge in [-0.25, -0.2) is 0 Å². The predicted molar refractivity (Wildman–Crippen MR) is 120 cm³/mol. The fourth-order valence-corrected chi connectivity index (χ4v) is 3.77. The van der Waals surface area contributed by atoms with Crippen molar-refractivity contribution in [1.82, 2.24) is 15.2 Å². The number of carbonyl (C=O) groups excluding carboxylic acids is 1. The summed E-state index contributed by atoms with van der Waals surface area (Å²) in [5.74, 6) is 0.943. The maximum atomic E-state index is 13.2. The van der Waals surface area contributed by atoms with Crippen molar-refractivity contribution >= 4 is 23.4 Å². The number of para-hydroxylation sites is 2. The van der Waals surface area contributed by atoms with Crippen LogP contribution in [0.3, 0.4) is 0 Å². The molecule has 7 nitrogen and oxygen atoms in total. The number of rotatable bonds is 6. The lowest BCUT2D eigenvalue weighted by Gasteiger charge is -2.31. The summed E-state index contributed by atoms with van der Waals surface area (Å²) in [6.45, 7) is 4.46. The lowest BCUT2D eigenvalue weighted by atomic mass is 10.1. The number of hydrogen-bond donors (Lipinski definition) is 0. The van der Waals surface area contributed by atoms with Gasteiger partial charge in [0.05, 0.1) is 17.9 Å². The van der Waals surface area contributed by atoms with E-state index < -0.39 is 6.23 Å². The molecule has 0 unspecified atom stereocenters. The van der Waals surface area contributed by atoms with E-state index in [1.807, 2.05) is 61.7 Å². The van der Waals surface area contributed by atoms with Crippen molar-refractivity contribution in [2.24, 2.45) is 0 Å². The molecule has 8 heteroatoms. The van der Waals surface area contributed by atoms with Gasteiger partial charge < -0.3 is 9.47 Å². The van der Waals surface area contributed by atoms with Crippen molar-refractivity contribution < 1.29 is 14.3 Å². The molecule has 0 fully saturated rings. The number of anilines is 1. The topological polar surface area (TPSA) is 77.4 Å². The quantitative estimate of drug-likeness (QED) is 0.510. The van der Waals surface area contributed by atoms with Crippen LogP contribution in [0.2, 0.25) is 0 Å². The van der Waals surface area contributed by atoms with Gasteiger partial charge in [-0.2, -0.15) is 4.98 Å². The smallest absolute Gasteiger partial charge is 0.247 e. The van der Waals surface area contributed by atoms with E-state index in [1.54, 1.807) is 4.90 Å². The maximum Gasteiger partial charge on any atom is 0.247 e. The van der Waals surface area contributed by atoms with Gasteiger partial charge in [-0.15, -0.1) is 10.2 Å². The van der Waals surface area contributed by atoms with Gasteiger partial charge in [-0.3, -0.25) is 9.69 Å². The van der Waals surface area contributed by atoms with E-state index in [2.05, 4.69) is 22.1 Å². The molecular weight excluding hydrogens is 412 g/mol. The molecule has 1 aromatic heterocycles. The number of amides is 1. The molecule has 4 rings (SSSR count). The molecule has 31 heavy (non-hydrogen) atoms. The molecule has 3 aromatic rings. The van der Waals surface area contributed by atoms with Crippen LogP contribution < -0.4 is 14.4 Å². The molecule has 0 N–H and O–H groups in total. The van der Waals surface area contributed by atoms with E-state index >= 15 is 0 Å². The first-order valence-corrected chi connectivity index (χ1v) is 11.5. The number of fused-ring (bicyclic) bond motifs is 3. The van der Waals surface area contributed by atoms with Crippen LogP contribution in [0.25, 0.3) is 11.3 Å². The Morgan fingerprint density at radius 1 is 1.13 bits per heavy atom. The molecule has 2 aromatic carbocycles. The van der Waals surface area contributed by atoms with Gasteiger partial charge >= 0.3 is 0 Å². The molecule has 1 atom stereocenters. The van der Waals surface area contributed by atoms with Crippen molar-refractivity contribution in [3.8, 4) is 22.9 Å². The Labute approximate surface area is 185 Å². The first-order valence-electron chi connectivity index (χ1n) is 10.3. The number of carbonyl (C=O) groups is 1. The maximum absolute atomic E-state index is 13.2. The fourth-order valence-electron chi connectivity index (χ4n) is 3.47. The summed E-state index contributed by atoms with van der Waals surface area (Å²) in [5.41, 5.74) is 2.72. The minimum atomic E-state index is -0.755. The van der Waals surface area contributed by atoms with Gasteiger partial charge in [0, 0.05) is 12.0 Å². The van der Waals surface area contributed by atoms with Crippen LogP contribution in [-0.2, 0) is 4.79 Å². The molecule has 0 aliphatic carbocycles. The van der Waals surface area contributed by atoms with Gasteiger partial charge in [0.15, 0.2) is 5.69 Å². The fraction of sp³-hybridized carbons (Fsp3) is 0.304.